The van der Waals surface area contributed by atoms with Gasteiger partial charge in [-0.3, -0.25) is 9.59 Å². The molecule has 0 amide bonds. The minimum atomic E-state index is -0.531. The Bertz CT molecular complexity index is 858. The summed E-state index contributed by atoms with van der Waals surface area (Å²) in [5, 5.41) is 0. The van der Waals surface area contributed by atoms with Crippen molar-refractivity contribution in [2.45, 2.75) is 74.1 Å². The van der Waals surface area contributed by atoms with Crippen molar-refractivity contribution in [1.82, 2.24) is 0 Å². The Morgan fingerprint density at radius 1 is 0.774 bits per heavy atom. The quantitative estimate of drug-likeness (QED) is 0.280. The van der Waals surface area contributed by atoms with E-state index < -0.39 is 5.41 Å². The van der Waals surface area contributed by atoms with Crippen LogP contribution in [0, 0.1) is 10.8 Å². The minimum absolute atomic E-state index is 0.142. The minimum Gasteiger partial charge on any atom is -0.428 e. The predicted molar refractivity (Wildman–Crippen MR) is 127 cm³/mol. The molecule has 2 aromatic carbocycles. The number of rotatable bonds is 6. The van der Waals surface area contributed by atoms with Crippen LogP contribution in [0.2, 0.25) is 0 Å². The van der Waals surface area contributed by atoms with Crippen molar-refractivity contribution in [1.29, 1.82) is 0 Å². The molecular weight excluding hydrogens is 388 g/mol. The summed E-state index contributed by atoms with van der Waals surface area (Å²) >= 11 is 0. The third-order valence-corrected chi connectivity index (χ3v) is 5.85. The van der Waals surface area contributed by atoms with Crippen molar-refractivity contribution in [3.63, 3.8) is 0 Å². The fourth-order valence-electron chi connectivity index (χ4n) is 2.70. The van der Waals surface area contributed by atoms with Gasteiger partial charge in [-0.25, -0.2) is 0 Å². The highest BCUT2D eigenvalue weighted by Crippen LogP contribution is 2.39. The van der Waals surface area contributed by atoms with Crippen LogP contribution in [0.5, 0.6) is 11.5 Å². The van der Waals surface area contributed by atoms with Crippen LogP contribution in [0.15, 0.2) is 48.5 Å². The highest BCUT2D eigenvalue weighted by molar-refractivity contribution is 5.79. The summed E-state index contributed by atoms with van der Waals surface area (Å²) in [5.41, 5.74) is 1.46. The van der Waals surface area contributed by atoms with E-state index in [9.17, 15) is 9.59 Å². The predicted octanol–water partition coefficient (Wildman–Crippen LogP) is 7.13. The summed E-state index contributed by atoms with van der Waals surface area (Å²) < 4.78 is 10.5. The molecule has 0 fully saturated rings. The van der Waals surface area contributed by atoms with E-state index in [2.05, 4.69) is 48.5 Å². The number of esters is 1. The highest BCUT2D eigenvalue weighted by atomic mass is 16.5. The Hall–Kier alpha value is -2.62. The van der Waals surface area contributed by atoms with E-state index in [4.69, 9.17) is 9.47 Å². The molecule has 2 aromatic rings. The van der Waals surface area contributed by atoms with Gasteiger partial charge in [-0.2, -0.15) is 0 Å². The topological polar surface area (TPSA) is 52.6 Å². The maximum absolute atomic E-state index is 12.4. The van der Waals surface area contributed by atoms with Crippen LogP contribution in [0.25, 0.3) is 0 Å². The first-order chi connectivity index (χ1) is 14.3. The van der Waals surface area contributed by atoms with Crippen molar-refractivity contribution in [2.24, 2.45) is 10.8 Å². The molecule has 4 heteroatoms. The molecule has 31 heavy (non-hydrogen) atoms. The lowest BCUT2D eigenvalue weighted by Gasteiger charge is -2.36. The first-order valence-corrected chi connectivity index (χ1v) is 10.8. The van der Waals surface area contributed by atoms with Crippen LogP contribution < -0.4 is 9.47 Å². The summed E-state index contributed by atoms with van der Waals surface area (Å²) in [6.07, 6.45) is 0. The third kappa shape index (κ3) is 7.23. The summed E-state index contributed by atoms with van der Waals surface area (Å²) in [7, 11) is 0. The zero-order valence-electron chi connectivity index (χ0n) is 20.5. The molecule has 4 nitrogen and oxygen atoms in total. The van der Waals surface area contributed by atoms with Crippen LogP contribution >= 0.6 is 0 Å². The van der Waals surface area contributed by atoms with E-state index in [1.54, 1.807) is 6.07 Å². The molecule has 0 unspecified atom stereocenters. The van der Waals surface area contributed by atoms with Crippen molar-refractivity contribution < 1.29 is 19.1 Å². The zero-order valence-corrected chi connectivity index (χ0v) is 20.5. The fourth-order valence-corrected chi connectivity index (χ4v) is 2.70. The SMILES string of the molecule is CC(C)c1ccccc1OC(=O)C(C)(C)C(C)(C)C.CC(C)c1ccccc1OC=O. The van der Waals surface area contributed by atoms with E-state index in [1.807, 2.05) is 56.3 Å². The Balaban J connectivity index is 0.000000343. The van der Waals surface area contributed by atoms with Crippen molar-refractivity contribution >= 4 is 12.4 Å². The van der Waals surface area contributed by atoms with Gasteiger partial charge in [0.2, 0.25) is 0 Å². The Morgan fingerprint density at radius 2 is 1.19 bits per heavy atom. The van der Waals surface area contributed by atoms with Crippen LogP contribution in [-0.4, -0.2) is 12.4 Å². The maximum atomic E-state index is 12.4. The van der Waals surface area contributed by atoms with E-state index in [1.165, 1.54) is 0 Å². The van der Waals surface area contributed by atoms with Crippen molar-refractivity contribution in [3.05, 3.63) is 59.7 Å². The molecule has 0 saturated carbocycles. The van der Waals surface area contributed by atoms with E-state index in [0.29, 0.717) is 29.8 Å². The number of hydrogen-bond donors (Lipinski definition) is 0. The normalized spacial score (nSPS) is 11.6. The van der Waals surface area contributed by atoms with Crippen LogP contribution in [0.1, 0.15) is 85.3 Å². The van der Waals surface area contributed by atoms with Gasteiger partial charge in [0.05, 0.1) is 5.41 Å². The van der Waals surface area contributed by atoms with Gasteiger partial charge in [0.15, 0.2) is 0 Å². The van der Waals surface area contributed by atoms with Gasteiger partial charge in [0, 0.05) is 0 Å². The highest BCUT2D eigenvalue weighted by Gasteiger charge is 2.41. The second-order valence-electron chi connectivity index (χ2n) is 9.86. The lowest BCUT2D eigenvalue weighted by Crippen LogP contribution is -2.40. The van der Waals surface area contributed by atoms with Gasteiger partial charge < -0.3 is 9.47 Å². The number of hydrogen-bond acceptors (Lipinski definition) is 4. The molecule has 0 aliphatic rings. The number of para-hydroxylation sites is 2. The third-order valence-electron chi connectivity index (χ3n) is 5.85. The summed E-state index contributed by atoms with van der Waals surface area (Å²) in [6.45, 7) is 18.8. The van der Waals surface area contributed by atoms with Gasteiger partial charge in [-0.15, -0.1) is 0 Å². The van der Waals surface area contributed by atoms with Gasteiger partial charge in [0.25, 0.3) is 6.47 Å². The van der Waals surface area contributed by atoms with Crippen LogP contribution in [-0.2, 0) is 9.59 Å². The number of ether oxygens (including phenoxy) is 2. The lowest BCUT2D eigenvalue weighted by molar-refractivity contribution is -0.150. The first-order valence-electron chi connectivity index (χ1n) is 10.8. The van der Waals surface area contributed by atoms with Crippen LogP contribution in [0.4, 0.5) is 0 Å². The van der Waals surface area contributed by atoms with Gasteiger partial charge in [-0.05, 0) is 54.4 Å². The first kappa shape index (κ1) is 26.4. The molecule has 0 bridgehead atoms. The number of carbonyl (C=O) groups is 2. The average molecular weight is 427 g/mol. The standard InChI is InChI=1S/C17H26O2.C10H12O2/c1-12(2)13-10-8-9-11-14(13)19-15(18)17(6,7)16(3,4)5;1-8(2)9-5-3-4-6-10(9)12-7-11/h8-12H,1-7H3;3-8H,1-2H3. The van der Waals surface area contributed by atoms with E-state index >= 15 is 0 Å². The molecule has 0 spiro atoms. The van der Waals surface area contributed by atoms with Gasteiger partial charge >= 0.3 is 5.97 Å². The maximum Gasteiger partial charge on any atom is 0.317 e. The molecular formula is C27H38O4. The molecule has 0 radical (unpaired) electrons. The molecule has 0 heterocycles. The average Bonchev–Trinajstić information content (AvgIpc) is 2.68. The zero-order chi connectivity index (χ0) is 23.8. The number of carbonyl (C=O) groups excluding carboxylic acids is 2. The van der Waals surface area contributed by atoms with Crippen molar-refractivity contribution in [2.75, 3.05) is 0 Å². The second-order valence-corrected chi connectivity index (χ2v) is 9.86. The summed E-state index contributed by atoms with van der Waals surface area (Å²) in [5.74, 6) is 1.87. The largest absolute Gasteiger partial charge is 0.428 e. The van der Waals surface area contributed by atoms with Crippen molar-refractivity contribution in [3.8, 4) is 11.5 Å². The summed E-state index contributed by atoms with van der Waals surface area (Å²) in [6, 6.07) is 15.3. The monoisotopic (exact) mass is 426 g/mol. The Kier molecular flexibility index (Phi) is 9.48. The molecule has 2 rings (SSSR count). The molecule has 0 aliphatic carbocycles. The molecule has 0 saturated heterocycles. The molecule has 0 aromatic heterocycles. The number of benzene rings is 2. The Labute approximate surface area is 188 Å². The van der Waals surface area contributed by atoms with E-state index in [-0.39, 0.29) is 11.4 Å². The van der Waals surface area contributed by atoms with Crippen LogP contribution in [0.3, 0.4) is 0 Å². The molecule has 0 N–H and O–H groups in total. The Morgan fingerprint density at radius 3 is 1.61 bits per heavy atom. The van der Waals surface area contributed by atoms with E-state index in [0.717, 1.165) is 11.1 Å². The molecule has 170 valence electrons. The lowest BCUT2D eigenvalue weighted by atomic mass is 9.69. The second kappa shape index (κ2) is 11.1. The molecule has 0 aliphatic heterocycles. The van der Waals surface area contributed by atoms with Gasteiger partial charge in [0.1, 0.15) is 11.5 Å². The summed E-state index contributed by atoms with van der Waals surface area (Å²) in [4.78, 5) is 22.6. The fraction of sp³-hybridized carbons (Fsp3) is 0.481. The molecule has 0 atom stereocenters. The smallest absolute Gasteiger partial charge is 0.317 e. The van der Waals surface area contributed by atoms with Gasteiger partial charge in [-0.1, -0.05) is 84.9 Å².